The van der Waals surface area contributed by atoms with Gasteiger partial charge in [-0.1, -0.05) is 30.3 Å². The van der Waals surface area contributed by atoms with Gasteiger partial charge in [-0.25, -0.2) is 0 Å². The van der Waals surface area contributed by atoms with Crippen molar-refractivity contribution < 1.29 is 0 Å². The molecule has 0 atom stereocenters. The number of nitrogens with zero attached hydrogens (tertiary/aromatic N) is 1. The first kappa shape index (κ1) is 12.7. The fourth-order valence-corrected chi connectivity index (χ4v) is 2.14. The first-order valence-electron chi connectivity index (χ1n) is 5.74. The van der Waals surface area contributed by atoms with E-state index in [0.29, 0.717) is 6.54 Å². The van der Waals surface area contributed by atoms with Gasteiger partial charge >= 0.3 is 0 Å². The minimum atomic E-state index is 0. The van der Waals surface area contributed by atoms with Crippen molar-refractivity contribution in [2.24, 2.45) is 5.73 Å². The largest absolute Gasteiger partial charge is 0.326 e. The zero-order valence-corrected chi connectivity index (χ0v) is 10.7. The molecule has 3 aromatic rings. The smallest absolute Gasteiger partial charge is 0.0528 e. The van der Waals surface area contributed by atoms with Crippen LogP contribution in [0.25, 0.3) is 16.6 Å². The molecule has 0 radical (unpaired) electrons. The van der Waals surface area contributed by atoms with E-state index in [4.69, 9.17) is 5.73 Å². The number of hydrogen-bond acceptors (Lipinski definition) is 1. The second-order valence-electron chi connectivity index (χ2n) is 4.12. The molecule has 0 fully saturated rings. The number of hydrogen-bond donors (Lipinski definition) is 1. The van der Waals surface area contributed by atoms with Crippen LogP contribution in [-0.2, 0) is 6.54 Å². The van der Waals surface area contributed by atoms with Gasteiger partial charge in [-0.15, -0.1) is 12.4 Å². The van der Waals surface area contributed by atoms with Crippen LogP contribution >= 0.6 is 12.4 Å². The summed E-state index contributed by atoms with van der Waals surface area (Å²) in [5.74, 6) is 0. The van der Waals surface area contributed by atoms with Crippen molar-refractivity contribution in [1.82, 2.24) is 4.57 Å². The lowest BCUT2D eigenvalue weighted by Crippen LogP contribution is -1.98. The normalized spacial score (nSPS) is 10.3. The third kappa shape index (κ3) is 2.13. The molecule has 0 saturated carbocycles. The Morgan fingerprint density at radius 2 is 1.78 bits per heavy atom. The lowest BCUT2D eigenvalue weighted by atomic mass is 10.2. The summed E-state index contributed by atoms with van der Waals surface area (Å²) in [5.41, 5.74) is 9.21. The van der Waals surface area contributed by atoms with Gasteiger partial charge in [-0.3, -0.25) is 0 Å². The standard InChI is InChI=1S/C15H14N2.ClH/c16-11-12-4-3-6-14(10-12)17-9-8-13-5-1-2-7-15(13)17;/h1-10H,11,16H2;1H. The van der Waals surface area contributed by atoms with Crippen LogP contribution in [0.15, 0.2) is 60.8 Å². The average Bonchev–Trinajstić information content (AvgIpc) is 2.82. The minimum Gasteiger partial charge on any atom is -0.326 e. The van der Waals surface area contributed by atoms with Gasteiger partial charge in [0.1, 0.15) is 0 Å². The summed E-state index contributed by atoms with van der Waals surface area (Å²) in [4.78, 5) is 0. The Morgan fingerprint density at radius 1 is 0.944 bits per heavy atom. The maximum absolute atomic E-state index is 5.68. The highest BCUT2D eigenvalue weighted by Gasteiger charge is 2.02. The number of benzene rings is 2. The molecule has 18 heavy (non-hydrogen) atoms. The molecule has 0 saturated heterocycles. The first-order valence-corrected chi connectivity index (χ1v) is 5.74. The second kappa shape index (κ2) is 5.25. The molecular weight excluding hydrogens is 244 g/mol. The number of fused-ring (bicyclic) bond motifs is 1. The van der Waals surface area contributed by atoms with Crippen LogP contribution in [0.4, 0.5) is 0 Å². The summed E-state index contributed by atoms with van der Waals surface area (Å²) in [7, 11) is 0. The highest BCUT2D eigenvalue weighted by atomic mass is 35.5. The molecular formula is C15H15ClN2. The third-order valence-electron chi connectivity index (χ3n) is 3.02. The van der Waals surface area contributed by atoms with Gasteiger partial charge in [0.25, 0.3) is 0 Å². The van der Waals surface area contributed by atoms with Crippen molar-refractivity contribution in [3.63, 3.8) is 0 Å². The Balaban J connectivity index is 0.00000120. The summed E-state index contributed by atoms with van der Waals surface area (Å²) in [6, 6.07) is 18.8. The molecule has 0 aliphatic carbocycles. The van der Waals surface area contributed by atoms with Crippen molar-refractivity contribution in [3.8, 4) is 5.69 Å². The van der Waals surface area contributed by atoms with Gasteiger partial charge in [-0.2, -0.15) is 0 Å². The Kier molecular flexibility index (Phi) is 3.70. The number of para-hydroxylation sites is 1. The Labute approximate surface area is 112 Å². The van der Waals surface area contributed by atoms with Gasteiger partial charge in [0, 0.05) is 18.4 Å². The second-order valence-corrected chi connectivity index (χ2v) is 4.12. The van der Waals surface area contributed by atoms with Gasteiger partial charge in [-0.05, 0) is 35.2 Å². The Bertz CT molecular complexity index is 658. The zero-order chi connectivity index (χ0) is 11.7. The van der Waals surface area contributed by atoms with Crippen LogP contribution in [0.5, 0.6) is 0 Å². The molecule has 0 spiro atoms. The fraction of sp³-hybridized carbons (Fsp3) is 0.0667. The van der Waals surface area contributed by atoms with Gasteiger partial charge < -0.3 is 10.3 Å². The predicted molar refractivity (Wildman–Crippen MR) is 78.4 cm³/mol. The molecule has 0 unspecified atom stereocenters. The van der Waals surface area contributed by atoms with E-state index < -0.39 is 0 Å². The molecule has 2 aromatic carbocycles. The molecule has 0 aliphatic heterocycles. The summed E-state index contributed by atoms with van der Waals surface area (Å²) in [6.45, 7) is 0.576. The first-order chi connectivity index (χ1) is 8.38. The van der Waals surface area contributed by atoms with Crippen LogP contribution in [-0.4, -0.2) is 4.57 Å². The Morgan fingerprint density at radius 3 is 2.61 bits per heavy atom. The van der Waals surface area contributed by atoms with E-state index in [1.807, 2.05) is 6.07 Å². The molecule has 2 N–H and O–H groups in total. The number of aromatic nitrogens is 1. The number of rotatable bonds is 2. The molecule has 92 valence electrons. The van der Waals surface area contributed by atoms with E-state index in [-0.39, 0.29) is 12.4 Å². The molecule has 0 amide bonds. The lowest BCUT2D eigenvalue weighted by molar-refractivity contribution is 1.05. The van der Waals surface area contributed by atoms with Crippen molar-refractivity contribution in [3.05, 3.63) is 66.4 Å². The maximum atomic E-state index is 5.68. The summed E-state index contributed by atoms with van der Waals surface area (Å²) >= 11 is 0. The number of halogens is 1. The summed E-state index contributed by atoms with van der Waals surface area (Å²) < 4.78 is 2.19. The van der Waals surface area contributed by atoms with Crippen molar-refractivity contribution in [1.29, 1.82) is 0 Å². The summed E-state index contributed by atoms with van der Waals surface area (Å²) in [5, 5.41) is 1.26. The van der Waals surface area contributed by atoms with Crippen molar-refractivity contribution in [2.75, 3.05) is 0 Å². The molecule has 1 heterocycles. The topological polar surface area (TPSA) is 30.9 Å². The fourth-order valence-electron chi connectivity index (χ4n) is 2.14. The van der Waals surface area contributed by atoms with Crippen molar-refractivity contribution in [2.45, 2.75) is 6.54 Å². The zero-order valence-electron chi connectivity index (χ0n) is 9.91. The van der Waals surface area contributed by atoms with Crippen LogP contribution in [0, 0.1) is 0 Å². The summed E-state index contributed by atoms with van der Waals surface area (Å²) in [6.07, 6.45) is 2.10. The SMILES string of the molecule is Cl.NCc1cccc(-n2ccc3ccccc32)c1. The van der Waals surface area contributed by atoms with Crippen LogP contribution < -0.4 is 5.73 Å². The minimum absolute atomic E-state index is 0. The van der Waals surface area contributed by atoms with Crippen LogP contribution in [0.3, 0.4) is 0 Å². The van der Waals surface area contributed by atoms with Gasteiger partial charge in [0.15, 0.2) is 0 Å². The van der Waals surface area contributed by atoms with Gasteiger partial charge in [0.2, 0.25) is 0 Å². The third-order valence-corrected chi connectivity index (χ3v) is 3.02. The van der Waals surface area contributed by atoms with E-state index in [2.05, 4.69) is 59.3 Å². The quantitative estimate of drug-likeness (QED) is 0.749. The van der Waals surface area contributed by atoms with E-state index >= 15 is 0 Å². The number of nitrogens with two attached hydrogens (primary N) is 1. The predicted octanol–water partition coefficient (Wildman–Crippen LogP) is 3.51. The van der Waals surface area contributed by atoms with E-state index in [0.717, 1.165) is 11.3 Å². The highest BCUT2D eigenvalue weighted by molar-refractivity contribution is 5.85. The molecule has 0 aliphatic rings. The Hall–Kier alpha value is -1.77. The van der Waals surface area contributed by atoms with E-state index in [9.17, 15) is 0 Å². The van der Waals surface area contributed by atoms with Gasteiger partial charge in [0.05, 0.1) is 5.52 Å². The average molecular weight is 259 g/mol. The maximum Gasteiger partial charge on any atom is 0.0528 e. The van der Waals surface area contributed by atoms with E-state index in [1.54, 1.807) is 0 Å². The lowest BCUT2D eigenvalue weighted by Gasteiger charge is -2.07. The molecule has 3 rings (SSSR count). The van der Waals surface area contributed by atoms with E-state index in [1.165, 1.54) is 10.9 Å². The van der Waals surface area contributed by atoms with Crippen molar-refractivity contribution >= 4 is 23.3 Å². The van der Waals surface area contributed by atoms with Crippen LogP contribution in [0.1, 0.15) is 5.56 Å². The molecule has 0 bridgehead atoms. The van der Waals surface area contributed by atoms with Crippen LogP contribution in [0.2, 0.25) is 0 Å². The monoisotopic (exact) mass is 258 g/mol. The molecule has 1 aromatic heterocycles. The molecule has 2 nitrogen and oxygen atoms in total. The highest BCUT2D eigenvalue weighted by Crippen LogP contribution is 2.20. The molecule has 3 heteroatoms.